The summed E-state index contributed by atoms with van der Waals surface area (Å²) in [6.45, 7) is 5.11. The molecule has 0 fully saturated rings. The highest BCUT2D eigenvalue weighted by molar-refractivity contribution is 5.33. The molecule has 0 atom stereocenters. The van der Waals surface area contributed by atoms with Crippen molar-refractivity contribution in [3.63, 3.8) is 0 Å². The second-order valence-electron chi connectivity index (χ2n) is 3.07. The second kappa shape index (κ2) is 4.24. The van der Waals surface area contributed by atoms with Crippen LogP contribution in [0.1, 0.15) is 16.7 Å². The van der Waals surface area contributed by atoms with Crippen molar-refractivity contribution in [3.05, 3.63) is 34.9 Å². The van der Waals surface area contributed by atoms with Gasteiger partial charge < -0.3 is 0 Å². The van der Waals surface area contributed by atoms with Gasteiger partial charge in [0.1, 0.15) is 0 Å². The van der Waals surface area contributed by atoms with Crippen LogP contribution in [0, 0.1) is 13.8 Å². The van der Waals surface area contributed by atoms with Crippen LogP contribution in [0.25, 0.3) is 0 Å². The molecule has 2 nitrogen and oxygen atoms in total. The fraction of sp³-hybridized carbons (Fsp3) is 0.400. The highest BCUT2D eigenvalue weighted by atomic mass is 15.2. The van der Waals surface area contributed by atoms with Crippen molar-refractivity contribution in [2.45, 2.75) is 20.3 Å². The van der Waals surface area contributed by atoms with Gasteiger partial charge in [-0.3, -0.25) is 11.3 Å². The highest BCUT2D eigenvalue weighted by Gasteiger charge is 1.99. The van der Waals surface area contributed by atoms with Crippen molar-refractivity contribution in [1.29, 1.82) is 0 Å². The summed E-state index contributed by atoms with van der Waals surface area (Å²) in [7, 11) is 0. The van der Waals surface area contributed by atoms with Crippen LogP contribution in [0.3, 0.4) is 0 Å². The molecule has 0 saturated heterocycles. The second-order valence-corrected chi connectivity index (χ2v) is 3.07. The summed E-state index contributed by atoms with van der Waals surface area (Å²) in [6, 6.07) is 6.36. The number of hydrogen-bond donors (Lipinski definition) is 2. The maximum Gasteiger partial charge on any atom is 0.0138 e. The summed E-state index contributed by atoms with van der Waals surface area (Å²) in [4.78, 5) is 0. The molecule has 0 aliphatic rings. The Balaban J connectivity index is 2.81. The van der Waals surface area contributed by atoms with E-state index >= 15 is 0 Å². The molecule has 2 heteroatoms. The number of nitrogens with one attached hydrogen (secondary N) is 1. The van der Waals surface area contributed by atoms with Gasteiger partial charge in [-0.1, -0.05) is 18.2 Å². The highest BCUT2D eigenvalue weighted by Crippen LogP contribution is 2.12. The molecule has 12 heavy (non-hydrogen) atoms. The minimum atomic E-state index is 0.839. The van der Waals surface area contributed by atoms with E-state index in [1.807, 2.05) is 0 Å². The molecule has 66 valence electrons. The van der Waals surface area contributed by atoms with E-state index < -0.39 is 0 Å². The lowest BCUT2D eigenvalue weighted by Crippen LogP contribution is -2.24. The van der Waals surface area contributed by atoms with Gasteiger partial charge in [0.15, 0.2) is 0 Å². The lowest BCUT2D eigenvalue weighted by Gasteiger charge is -2.08. The first-order chi connectivity index (χ1) is 5.75. The maximum atomic E-state index is 5.23. The molecule has 0 aromatic heterocycles. The Bertz CT molecular complexity index is 236. The standard InChI is InChI=1S/C10H16N2/c1-8-4-3-5-9(2)10(8)6-7-12-11/h3-5,12H,6-7,11H2,1-2H3. The van der Waals surface area contributed by atoms with Gasteiger partial charge in [0.25, 0.3) is 0 Å². The SMILES string of the molecule is Cc1cccc(C)c1CCNN. The van der Waals surface area contributed by atoms with Crippen LogP contribution in [0.15, 0.2) is 18.2 Å². The van der Waals surface area contributed by atoms with Gasteiger partial charge in [-0.15, -0.1) is 0 Å². The Hall–Kier alpha value is -0.860. The predicted molar refractivity (Wildman–Crippen MR) is 51.8 cm³/mol. The van der Waals surface area contributed by atoms with Gasteiger partial charge >= 0.3 is 0 Å². The van der Waals surface area contributed by atoms with Crippen molar-refractivity contribution < 1.29 is 0 Å². The first-order valence-electron chi connectivity index (χ1n) is 4.24. The zero-order valence-electron chi connectivity index (χ0n) is 7.72. The predicted octanol–water partition coefficient (Wildman–Crippen LogP) is 1.31. The van der Waals surface area contributed by atoms with Crippen molar-refractivity contribution >= 4 is 0 Å². The van der Waals surface area contributed by atoms with Crippen LogP contribution < -0.4 is 11.3 Å². The lowest BCUT2D eigenvalue weighted by atomic mass is 10.0. The van der Waals surface area contributed by atoms with Gasteiger partial charge in [0.2, 0.25) is 0 Å². The number of hydrazine groups is 1. The largest absolute Gasteiger partial charge is 0.271 e. The normalized spacial score (nSPS) is 10.2. The summed E-state index contributed by atoms with van der Waals surface area (Å²) < 4.78 is 0. The van der Waals surface area contributed by atoms with Gasteiger partial charge in [0, 0.05) is 6.54 Å². The van der Waals surface area contributed by atoms with Crippen LogP contribution in [0.5, 0.6) is 0 Å². The van der Waals surface area contributed by atoms with Crippen molar-refractivity contribution in [2.75, 3.05) is 6.54 Å². The molecule has 1 rings (SSSR count). The fourth-order valence-corrected chi connectivity index (χ4v) is 1.44. The molecule has 0 radical (unpaired) electrons. The molecular weight excluding hydrogens is 148 g/mol. The molecule has 1 aromatic rings. The van der Waals surface area contributed by atoms with Gasteiger partial charge in [-0.05, 0) is 37.0 Å². The van der Waals surface area contributed by atoms with Crippen LogP contribution in [0.4, 0.5) is 0 Å². The number of nitrogens with two attached hydrogens (primary N) is 1. The van der Waals surface area contributed by atoms with E-state index in [1.165, 1.54) is 16.7 Å². The van der Waals surface area contributed by atoms with E-state index in [0.717, 1.165) is 13.0 Å². The third-order valence-corrected chi connectivity index (χ3v) is 2.16. The van der Waals surface area contributed by atoms with Crippen molar-refractivity contribution in [2.24, 2.45) is 5.84 Å². The zero-order valence-corrected chi connectivity index (χ0v) is 7.72. The average molecular weight is 164 g/mol. The average Bonchev–Trinajstić information content (AvgIpc) is 2.04. The number of rotatable bonds is 3. The Morgan fingerprint density at radius 1 is 1.25 bits per heavy atom. The van der Waals surface area contributed by atoms with Gasteiger partial charge in [-0.2, -0.15) is 0 Å². The quantitative estimate of drug-likeness (QED) is 0.522. The van der Waals surface area contributed by atoms with Crippen LogP contribution in [0.2, 0.25) is 0 Å². The first kappa shape index (κ1) is 9.23. The topological polar surface area (TPSA) is 38.0 Å². The molecule has 0 spiro atoms. The van der Waals surface area contributed by atoms with E-state index in [-0.39, 0.29) is 0 Å². The molecule has 0 saturated carbocycles. The van der Waals surface area contributed by atoms with Crippen LogP contribution in [-0.4, -0.2) is 6.54 Å². The summed E-state index contributed by atoms with van der Waals surface area (Å²) in [5.74, 6) is 5.23. The zero-order chi connectivity index (χ0) is 8.97. The molecule has 0 bridgehead atoms. The molecule has 0 aliphatic carbocycles. The van der Waals surface area contributed by atoms with Crippen LogP contribution >= 0.6 is 0 Å². The summed E-state index contributed by atoms with van der Waals surface area (Å²) >= 11 is 0. The minimum Gasteiger partial charge on any atom is -0.271 e. The van der Waals surface area contributed by atoms with E-state index in [0.29, 0.717) is 0 Å². The summed E-state index contributed by atoms with van der Waals surface area (Å²) in [5, 5.41) is 0. The third-order valence-electron chi connectivity index (χ3n) is 2.16. The monoisotopic (exact) mass is 164 g/mol. The smallest absolute Gasteiger partial charge is 0.0138 e. The van der Waals surface area contributed by atoms with E-state index in [9.17, 15) is 0 Å². The number of aryl methyl sites for hydroxylation is 2. The van der Waals surface area contributed by atoms with Crippen molar-refractivity contribution in [1.82, 2.24) is 5.43 Å². The first-order valence-corrected chi connectivity index (χ1v) is 4.24. The number of benzene rings is 1. The summed E-state index contributed by atoms with van der Waals surface area (Å²) in [6.07, 6.45) is 1.01. The van der Waals surface area contributed by atoms with Gasteiger partial charge in [0.05, 0.1) is 0 Å². The van der Waals surface area contributed by atoms with Crippen LogP contribution in [-0.2, 0) is 6.42 Å². The molecule has 0 aliphatic heterocycles. The summed E-state index contributed by atoms with van der Waals surface area (Å²) in [5.41, 5.74) is 6.79. The molecule has 0 heterocycles. The number of hydrogen-bond acceptors (Lipinski definition) is 2. The van der Waals surface area contributed by atoms with E-state index in [2.05, 4.69) is 37.5 Å². The molecule has 1 aromatic carbocycles. The van der Waals surface area contributed by atoms with Gasteiger partial charge in [-0.25, -0.2) is 0 Å². The minimum absolute atomic E-state index is 0.839. The molecule has 0 amide bonds. The Morgan fingerprint density at radius 2 is 1.83 bits per heavy atom. The molecular formula is C10H16N2. The Morgan fingerprint density at radius 3 is 2.33 bits per heavy atom. The molecule has 0 unspecified atom stereocenters. The lowest BCUT2D eigenvalue weighted by molar-refractivity contribution is 0.724. The maximum absolute atomic E-state index is 5.23. The van der Waals surface area contributed by atoms with Crippen molar-refractivity contribution in [3.8, 4) is 0 Å². The Labute approximate surface area is 73.8 Å². The fourth-order valence-electron chi connectivity index (χ4n) is 1.44. The van der Waals surface area contributed by atoms with E-state index in [4.69, 9.17) is 5.84 Å². The van der Waals surface area contributed by atoms with E-state index in [1.54, 1.807) is 0 Å². The third kappa shape index (κ3) is 2.06. The Kier molecular flexibility index (Phi) is 3.26. The molecule has 3 N–H and O–H groups in total.